The zero-order valence-corrected chi connectivity index (χ0v) is 12.3. The van der Waals surface area contributed by atoms with Crippen LogP contribution in [0.25, 0.3) is 0 Å². The molecule has 0 aliphatic carbocycles. The van der Waals surface area contributed by atoms with E-state index in [0.717, 1.165) is 12.2 Å². The summed E-state index contributed by atoms with van der Waals surface area (Å²) in [4.78, 5) is 15.4. The number of pyridine rings is 1. The van der Waals surface area contributed by atoms with Crippen molar-refractivity contribution in [1.29, 1.82) is 0 Å². The molecule has 116 valence electrons. The maximum Gasteiger partial charge on any atom is 0.254 e. The maximum absolute atomic E-state index is 11.4. The summed E-state index contributed by atoms with van der Waals surface area (Å²) >= 11 is 0. The Labute approximate surface area is 133 Å². The lowest BCUT2D eigenvalue weighted by molar-refractivity contribution is 0.0997. The Morgan fingerprint density at radius 2 is 2.04 bits per heavy atom. The summed E-state index contributed by atoms with van der Waals surface area (Å²) in [5.74, 6) is 0.201. The van der Waals surface area contributed by atoms with E-state index in [1.165, 1.54) is 0 Å². The van der Waals surface area contributed by atoms with E-state index in [9.17, 15) is 4.79 Å². The summed E-state index contributed by atoms with van der Waals surface area (Å²) < 4.78 is 5.64. The molecule has 2 aromatic rings. The molecular formula is C17H16N4O2. The molecule has 0 unspecified atom stereocenters. The number of ether oxygens (including phenoxy) is 1. The molecule has 6 nitrogen and oxygen atoms in total. The highest BCUT2D eigenvalue weighted by atomic mass is 16.5. The monoisotopic (exact) mass is 308 g/mol. The molecule has 0 spiro atoms. The zero-order valence-electron chi connectivity index (χ0n) is 12.3. The second kappa shape index (κ2) is 6.65. The lowest BCUT2D eigenvalue weighted by atomic mass is 10.2. The van der Waals surface area contributed by atoms with Crippen LogP contribution in [0.1, 0.15) is 10.4 Å². The zero-order chi connectivity index (χ0) is 16.1. The second-order valence-electron chi connectivity index (χ2n) is 4.88. The number of carbonyl (C=O) groups excluding carboxylic acids is 1. The van der Waals surface area contributed by atoms with Crippen LogP contribution in [0.4, 0.5) is 5.69 Å². The Bertz CT molecular complexity index is 753. The van der Waals surface area contributed by atoms with Gasteiger partial charge in [-0.3, -0.25) is 15.2 Å². The van der Waals surface area contributed by atoms with Crippen molar-refractivity contribution >= 4 is 11.6 Å². The summed E-state index contributed by atoms with van der Waals surface area (Å²) in [6.45, 7) is 0.796. The third-order valence-electron chi connectivity index (χ3n) is 3.19. The van der Waals surface area contributed by atoms with E-state index >= 15 is 0 Å². The topological polar surface area (TPSA) is 80.5 Å². The third kappa shape index (κ3) is 3.68. The molecule has 1 aliphatic rings. The Hall–Kier alpha value is -3.28. The van der Waals surface area contributed by atoms with Gasteiger partial charge in [-0.15, -0.1) is 0 Å². The average molecular weight is 308 g/mol. The summed E-state index contributed by atoms with van der Waals surface area (Å²) in [6.07, 6.45) is 9.51. The number of hydrazine groups is 1. The number of amides is 1. The van der Waals surface area contributed by atoms with Crippen LogP contribution in [-0.2, 0) is 0 Å². The number of hydrogen-bond donors (Lipinski definition) is 2. The first-order chi connectivity index (χ1) is 11.2. The van der Waals surface area contributed by atoms with Gasteiger partial charge in [-0.05, 0) is 42.5 Å². The van der Waals surface area contributed by atoms with Gasteiger partial charge in [0.2, 0.25) is 5.88 Å². The first-order valence-electron chi connectivity index (χ1n) is 7.12. The number of benzene rings is 1. The van der Waals surface area contributed by atoms with Crippen LogP contribution in [0.2, 0.25) is 0 Å². The molecule has 23 heavy (non-hydrogen) atoms. The second-order valence-corrected chi connectivity index (χ2v) is 4.88. The Kier molecular flexibility index (Phi) is 4.24. The van der Waals surface area contributed by atoms with Crippen molar-refractivity contribution in [3.63, 3.8) is 0 Å². The fraction of sp³-hybridized carbons (Fsp3) is 0.0588. The van der Waals surface area contributed by atoms with Crippen molar-refractivity contribution in [2.75, 3.05) is 12.0 Å². The summed E-state index contributed by atoms with van der Waals surface area (Å²) in [5.41, 5.74) is 9.74. The first-order valence-corrected chi connectivity index (χ1v) is 7.12. The molecule has 2 heterocycles. The molecule has 0 saturated heterocycles. The molecule has 0 bridgehead atoms. The molecule has 3 N–H and O–H groups in total. The molecule has 0 atom stereocenters. The highest BCUT2D eigenvalue weighted by Crippen LogP contribution is 2.24. The Morgan fingerprint density at radius 3 is 2.74 bits per heavy atom. The van der Waals surface area contributed by atoms with E-state index in [1.54, 1.807) is 30.5 Å². The highest BCUT2D eigenvalue weighted by Gasteiger charge is 2.11. The molecular weight excluding hydrogens is 292 g/mol. The molecule has 1 amide bonds. The van der Waals surface area contributed by atoms with Crippen molar-refractivity contribution < 1.29 is 9.53 Å². The minimum Gasteiger partial charge on any atom is -0.438 e. The Balaban J connectivity index is 1.69. The number of primary amides is 1. The van der Waals surface area contributed by atoms with E-state index in [0.29, 0.717) is 5.75 Å². The summed E-state index contributed by atoms with van der Waals surface area (Å²) in [7, 11) is 0. The van der Waals surface area contributed by atoms with Crippen LogP contribution < -0.4 is 15.9 Å². The normalized spacial score (nSPS) is 13.0. The minimum absolute atomic E-state index is 0.199. The van der Waals surface area contributed by atoms with Gasteiger partial charge < -0.3 is 10.5 Å². The fourth-order valence-electron chi connectivity index (χ4n) is 2.08. The number of hydrogen-bond acceptors (Lipinski definition) is 5. The third-order valence-corrected chi connectivity index (χ3v) is 3.19. The van der Waals surface area contributed by atoms with Crippen molar-refractivity contribution in [2.45, 2.75) is 0 Å². The van der Waals surface area contributed by atoms with E-state index in [1.807, 2.05) is 35.5 Å². The van der Waals surface area contributed by atoms with E-state index in [2.05, 4.69) is 16.5 Å². The quantitative estimate of drug-likeness (QED) is 0.887. The number of aromatic nitrogens is 1. The molecule has 1 aromatic carbocycles. The fourth-order valence-corrected chi connectivity index (χ4v) is 2.08. The summed E-state index contributed by atoms with van der Waals surface area (Å²) in [6, 6.07) is 10.6. The molecule has 6 heteroatoms. The van der Waals surface area contributed by atoms with Crippen molar-refractivity contribution in [1.82, 2.24) is 9.99 Å². The van der Waals surface area contributed by atoms with Gasteiger partial charge in [0.1, 0.15) is 11.3 Å². The number of nitrogens with one attached hydrogen (secondary N) is 1. The van der Waals surface area contributed by atoms with Crippen molar-refractivity contribution in [3.8, 4) is 11.6 Å². The van der Waals surface area contributed by atoms with Crippen molar-refractivity contribution in [2.24, 2.45) is 5.73 Å². The molecule has 0 saturated carbocycles. The van der Waals surface area contributed by atoms with Crippen LogP contribution in [-0.4, -0.2) is 22.4 Å². The molecule has 0 radical (unpaired) electrons. The van der Waals surface area contributed by atoms with E-state index < -0.39 is 5.91 Å². The number of carbonyl (C=O) groups is 1. The van der Waals surface area contributed by atoms with Gasteiger partial charge >= 0.3 is 0 Å². The standard InChI is InChI=1S/C17H16N4O2/c18-16(22)15-5-4-10-19-17(15)23-14-8-6-13(7-9-14)20-21-11-2-1-3-12-21/h1-11,20H,12H2,(H2,18,22). The largest absolute Gasteiger partial charge is 0.438 e. The van der Waals surface area contributed by atoms with Gasteiger partial charge in [-0.1, -0.05) is 12.2 Å². The summed E-state index contributed by atoms with van der Waals surface area (Å²) in [5, 5.41) is 1.96. The predicted molar refractivity (Wildman–Crippen MR) is 87.9 cm³/mol. The smallest absolute Gasteiger partial charge is 0.254 e. The lowest BCUT2D eigenvalue weighted by Gasteiger charge is -2.22. The first kappa shape index (κ1) is 14.6. The van der Waals surface area contributed by atoms with Gasteiger partial charge in [-0.25, -0.2) is 4.98 Å². The van der Waals surface area contributed by atoms with Gasteiger partial charge in [0.25, 0.3) is 5.91 Å². The van der Waals surface area contributed by atoms with Gasteiger partial charge in [0.05, 0.1) is 12.2 Å². The number of nitrogens with two attached hydrogens (primary N) is 1. The molecule has 1 aromatic heterocycles. The number of allylic oxidation sites excluding steroid dienone is 2. The van der Waals surface area contributed by atoms with Crippen LogP contribution in [0.15, 0.2) is 67.0 Å². The average Bonchev–Trinajstić information content (AvgIpc) is 2.58. The SMILES string of the molecule is NC(=O)c1cccnc1Oc1ccc(NN2C=CC=CC2)cc1. The van der Waals surface area contributed by atoms with Gasteiger partial charge in [0.15, 0.2) is 0 Å². The number of rotatable bonds is 5. The van der Waals surface area contributed by atoms with Gasteiger partial charge in [-0.2, -0.15) is 0 Å². The minimum atomic E-state index is -0.573. The molecule has 3 rings (SSSR count). The Morgan fingerprint density at radius 1 is 1.22 bits per heavy atom. The van der Waals surface area contributed by atoms with E-state index in [4.69, 9.17) is 10.5 Å². The molecule has 1 aliphatic heterocycles. The predicted octanol–water partition coefficient (Wildman–Crippen LogP) is 2.69. The maximum atomic E-state index is 11.4. The number of anilines is 1. The van der Waals surface area contributed by atoms with E-state index in [-0.39, 0.29) is 11.4 Å². The number of nitrogens with zero attached hydrogens (tertiary/aromatic N) is 2. The van der Waals surface area contributed by atoms with Gasteiger partial charge in [0, 0.05) is 12.4 Å². The van der Waals surface area contributed by atoms with Crippen LogP contribution in [0.3, 0.4) is 0 Å². The van der Waals surface area contributed by atoms with Crippen LogP contribution >= 0.6 is 0 Å². The van der Waals surface area contributed by atoms with Crippen LogP contribution in [0.5, 0.6) is 11.6 Å². The lowest BCUT2D eigenvalue weighted by Crippen LogP contribution is -2.25. The molecule has 0 fully saturated rings. The van der Waals surface area contributed by atoms with Crippen molar-refractivity contribution in [3.05, 3.63) is 72.6 Å². The highest BCUT2D eigenvalue weighted by molar-refractivity contribution is 5.95. The van der Waals surface area contributed by atoms with Crippen LogP contribution in [0, 0.1) is 0 Å².